The fraction of sp³-hybridized carbons (Fsp3) is 0.308. The van der Waals surface area contributed by atoms with Gasteiger partial charge >= 0.3 is 12.1 Å². The monoisotopic (exact) mass is 309 g/mol. The first-order valence-electron chi connectivity index (χ1n) is 6.29. The van der Waals surface area contributed by atoms with Crippen LogP contribution in [-0.4, -0.2) is 36.4 Å². The number of methoxy groups -OCH3 is 1. The summed E-state index contributed by atoms with van der Waals surface area (Å²) in [5, 5.41) is 14.6. The number of esters is 1. The highest BCUT2D eigenvalue weighted by Crippen LogP contribution is 2.18. The van der Waals surface area contributed by atoms with E-state index >= 15 is 0 Å². The van der Waals surface area contributed by atoms with Gasteiger partial charge in [0, 0.05) is 18.1 Å². The number of nitro benzene ring substituents is 1. The Morgan fingerprint density at radius 1 is 1.36 bits per heavy atom. The van der Waals surface area contributed by atoms with Crippen LogP contribution in [0.15, 0.2) is 29.4 Å². The maximum Gasteiger partial charge on any atom is 0.427 e. The third-order valence-corrected chi connectivity index (χ3v) is 2.52. The van der Waals surface area contributed by atoms with Crippen LogP contribution in [0.3, 0.4) is 0 Å². The van der Waals surface area contributed by atoms with Crippen molar-refractivity contribution in [3.8, 4) is 0 Å². The van der Waals surface area contributed by atoms with Crippen molar-refractivity contribution in [2.75, 3.05) is 13.7 Å². The Balaban J connectivity index is 3.05. The number of ether oxygens (including phenoxy) is 2. The van der Waals surface area contributed by atoms with Gasteiger partial charge in [0.2, 0.25) is 0 Å². The van der Waals surface area contributed by atoms with Gasteiger partial charge in [-0.15, -0.1) is 0 Å². The van der Waals surface area contributed by atoms with Crippen LogP contribution >= 0.6 is 0 Å². The molecule has 0 bridgehead atoms. The third-order valence-electron chi connectivity index (χ3n) is 2.52. The summed E-state index contributed by atoms with van der Waals surface area (Å²) in [6, 6.07) is 5.91. The summed E-state index contributed by atoms with van der Waals surface area (Å²) in [4.78, 5) is 33.2. The summed E-state index contributed by atoms with van der Waals surface area (Å²) < 4.78 is 9.15. The second-order valence-corrected chi connectivity index (χ2v) is 3.94. The molecule has 0 aliphatic carbocycles. The molecule has 0 aliphatic rings. The van der Waals surface area contributed by atoms with E-state index < -0.39 is 17.0 Å². The highest BCUT2D eigenvalue weighted by atomic mass is 16.6. The van der Waals surface area contributed by atoms with Gasteiger partial charge in [-0.1, -0.05) is 18.2 Å². The molecule has 1 N–H and O–H groups in total. The highest BCUT2D eigenvalue weighted by Gasteiger charge is 2.20. The standard InChI is InChI=1S/C13H15N3O6/c1-3-22-12(17)10(14-15-13(18)21-2)8-9-6-4-5-7-11(9)16(19)20/h4-7H,3,8H2,1-2H3,(H,15,18)/b14-10-. The second kappa shape index (κ2) is 8.35. The molecule has 1 rings (SSSR count). The van der Waals surface area contributed by atoms with Crippen molar-refractivity contribution in [1.82, 2.24) is 5.43 Å². The molecule has 9 nitrogen and oxygen atoms in total. The lowest BCUT2D eigenvalue weighted by Gasteiger charge is -2.07. The fourth-order valence-corrected chi connectivity index (χ4v) is 1.55. The molecule has 9 heteroatoms. The van der Waals surface area contributed by atoms with E-state index in [-0.39, 0.29) is 30.0 Å². The number of rotatable bonds is 6. The summed E-state index contributed by atoms with van der Waals surface area (Å²) in [5.41, 5.74) is 1.93. The zero-order valence-corrected chi connectivity index (χ0v) is 12.1. The zero-order chi connectivity index (χ0) is 16.5. The molecule has 0 aliphatic heterocycles. The predicted molar refractivity (Wildman–Crippen MR) is 76.4 cm³/mol. The molecule has 118 valence electrons. The molecule has 0 radical (unpaired) electrons. The number of para-hydroxylation sites is 1. The van der Waals surface area contributed by atoms with E-state index in [2.05, 4.69) is 9.84 Å². The molecule has 1 aromatic rings. The molecule has 0 saturated heterocycles. The van der Waals surface area contributed by atoms with E-state index in [4.69, 9.17) is 4.74 Å². The minimum absolute atomic E-state index is 0.104. The van der Waals surface area contributed by atoms with Gasteiger partial charge in [-0.05, 0) is 6.92 Å². The fourth-order valence-electron chi connectivity index (χ4n) is 1.55. The van der Waals surface area contributed by atoms with E-state index in [9.17, 15) is 19.7 Å². The van der Waals surface area contributed by atoms with Crippen LogP contribution in [0.1, 0.15) is 12.5 Å². The minimum atomic E-state index is -0.871. The van der Waals surface area contributed by atoms with Crippen molar-refractivity contribution >= 4 is 23.5 Å². The van der Waals surface area contributed by atoms with Crippen LogP contribution in [0.25, 0.3) is 0 Å². The van der Waals surface area contributed by atoms with E-state index in [1.54, 1.807) is 13.0 Å². The topological polar surface area (TPSA) is 120 Å². The lowest BCUT2D eigenvalue weighted by molar-refractivity contribution is -0.385. The maximum absolute atomic E-state index is 11.8. The number of hydrazone groups is 1. The summed E-state index contributed by atoms with van der Waals surface area (Å²) in [6.07, 6.45) is -1.04. The molecule has 0 saturated carbocycles. The number of nitrogens with one attached hydrogen (secondary N) is 1. The number of nitrogens with zero attached hydrogens (tertiary/aromatic N) is 2. The number of hydrogen-bond donors (Lipinski definition) is 1. The van der Waals surface area contributed by atoms with Gasteiger partial charge in [0.1, 0.15) is 0 Å². The van der Waals surface area contributed by atoms with Gasteiger partial charge in [0.05, 0.1) is 18.6 Å². The molecule has 22 heavy (non-hydrogen) atoms. The van der Waals surface area contributed by atoms with Crippen LogP contribution < -0.4 is 5.43 Å². The predicted octanol–water partition coefficient (Wildman–Crippen LogP) is 1.41. The maximum atomic E-state index is 11.8. The Kier molecular flexibility index (Phi) is 6.48. The summed E-state index contributed by atoms with van der Waals surface area (Å²) >= 11 is 0. The lowest BCUT2D eigenvalue weighted by atomic mass is 10.1. The Hall–Kier alpha value is -2.97. The number of carbonyl (C=O) groups is 2. The quantitative estimate of drug-likeness (QED) is 0.367. The van der Waals surface area contributed by atoms with Gasteiger partial charge in [-0.3, -0.25) is 10.1 Å². The van der Waals surface area contributed by atoms with Crippen LogP contribution in [0.2, 0.25) is 0 Å². The van der Waals surface area contributed by atoms with Crippen molar-refractivity contribution < 1.29 is 24.0 Å². The average molecular weight is 309 g/mol. The molecule has 0 heterocycles. The number of nitro groups is 1. The first-order valence-corrected chi connectivity index (χ1v) is 6.29. The van der Waals surface area contributed by atoms with Crippen molar-refractivity contribution in [2.24, 2.45) is 5.10 Å². The first-order chi connectivity index (χ1) is 10.5. The largest absolute Gasteiger partial charge is 0.461 e. The molecule has 0 fully saturated rings. The molecule has 0 atom stereocenters. The highest BCUT2D eigenvalue weighted by molar-refractivity contribution is 6.37. The normalized spacial score (nSPS) is 10.7. The zero-order valence-electron chi connectivity index (χ0n) is 12.1. The summed E-state index contributed by atoms with van der Waals surface area (Å²) in [7, 11) is 1.14. The number of hydrogen-bond acceptors (Lipinski definition) is 7. The van der Waals surface area contributed by atoms with Gasteiger partial charge in [0.25, 0.3) is 5.69 Å². The molecular formula is C13H15N3O6. The van der Waals surface area contributed by atoms with Crippen molar-refractivity contribution in [1.29, 1.82) is 0 Å². The lowest BCUT2D eigenvalue weighted by Crippen LogP contribution is -2.26. The van der Waals surface area contributed by atoms with E-state index in [0.717, 1.165) is 7.11 Å². The minimum Gasteiger partial charge on any atom is -0.461 e. The van der Waals surface area contributed by atoms with E-state index in [1.807, 2.05) is 5.43 Å². The third kappa shape index (κ3) is 4.85. The Morgan fingerprint density at radius 3 is 2.64 bits per heavy atom. The number of amides is 1. The second-order valence-electron chi connectivity index (χ2n) is 3.94. The Bertz CT molecular complexity index is 599. The molecule has 0 unspecified atom stereocenters. The van der Waals surface area contributed by atoms with Gasteiger partial charge in [-0.2, -0.15) is 5.10 Å². The Labute approximate surface area is 126 Å². The van der Waals surface area contributed by atoms with Crippen LogP contribution in [0, 0.1) is 10.1 Å². The van der Waals surface area contributed by atoms with Crippen molar-refractivity contribution in [2.45, 2.75) is 13.3 Å². The summed E-state index contributed by atoms with van der Waals surface area (Å²) in [6.45, 7) is 1.71. The van der Waals surface area contributed by atoms with Crippen LogP contribution in [0.4, 0.5) is 10.5 Å². The molecule has 0 spiro atoms. The van der Waals surface area contributed by atoms with Gasteiger partial charge in [-0.25, -0.2) is 15.0 Å². The van der Waals surface area contributed by atoms with Crippen molar-refractivity contribution in [3.63, 3.8) is 0 Å². The van der Waals surface area contributed by atoms with E-state index in [1.165, 1.54) is 18.2 Å². The Morgan fingerprint density at radius 2 is 2.05 bits per heavy atom. The van der Waals surface area contributed by atoms with Crippen LogP contribution in [0.5, 0.6) is 0 Å². The molecule has 1 amide bonds. The molecular weight excluding hydrogens is 294 g/mol. The molecule has 0 aromatic heterocycles. The van der Waals surface area contributed by atoms with E-state index in [0.29, 0.717) is 0 Å². The van der Waals surface area contributed by atoms with Gasteiger partial charge in [0.15, 0.2) is 5.71 Å². The van der Waals surface area contributed by atoms with Crippen LogP contribution in [-0.2, 0) is 20.7 Å². The first kappa shape index (κ1) is 17.1. The number of carbonyl (C=O) groups excluding carboxylic acids is 2. The average Bonchev–Trinajstić information content (AvgIpc) is 2.51. The smallest absolute Gasteiger partial charge is 0.427 e. The number of benzene rings is 1. The van der Waals surface area contributed by atoms with Crippen molar-refractivity contribution in [3.05, 3.63) is 39.9 Å². The summed E-state index contributed by atoms with van der Waals surface area (Å²) in [5.74, 6) is -0.781. The molecule has 1 aromatic carbocycles. The van der Waals surface area contributed by atoms with Gasteiger partial charge < -0.3 is 9.47 Å². The SMILES string of the molecule is CCOC(=O)/C(Cc1ccccc1[N+](=O)[O-])=N\NC(=O)OC.